The van der Waals surface area contributed by atoms with E-state index in [1.165, 1.54) is 0 Å². The van der Waals surface area contributed by atoms with E-state index in [9.17, 15) is 9.59 Å². The fraction of sp³-hybridized carbons (Fsp3) is 0.467. The molecular formula is C15H22N2O3. The number of carbonyl (C=O) groups excluding carboxylic acids is 2. The van der Waals surface area contributed by atoms with E-state index in [2.05, 4.69) is 10.8 Å². The highest BCUT2D eigenvalue weighted by Gasteiger charge is 2.20. The molecule has 2 N–H and O–H groups in total. The van der Waals surface area contributed by atoms with Crippen molar-refractivity contribution in [3.05, 3.63) is 35.9 Å². The lowest BCUT2D eigenvalue weighted by atomic mass is 9.96. The number of hydroxylamine groups is 1. The van der Waals surface area contributed by atoms with Gasteiger partial charge in [0, 0.05) is 18.4 Å². The van der Waals surface area contributed by atoms with E-state index >= 15 is 0 Å². The maximum atomic E-state index is 11.6. The highest BCUT2D eigenvalue weighted by molar-refractivity contribution is 5.82. The first-order valence-electron chi connectivity index (χ1n) is 6.62. The first kappa shape index (κ1) is 16.2. The Hall–Kier alpha value is -1.88. The topological polar surface area (TPSA) is 67.4 Å². The van der Waals surface area contributed by atoms with Crippen LogP contribution in [0.1, 0.15) is 32.8 Å². The molecule has 0 heterocycles. The van der Waals surface area contributed by atoms with E-state index in [-0.39, 0.29) is 18.2 Å². The molecule has 0 spiro atoms. The SMILES string of the molecule is CC(C)(C)C(=O)NCCC(=O)NOCc1ccccc1. The third kappa shape index (κ3) is 6.33. The summed E-state index contributed by atoms with van der Waals surface area (Å²) >= 11 is 0. The number of amides is 2. The molecule has 110 valence electrons. The summed E-state index contributed by atoms with van der Waals surface area (Å²) in [6.07, 6.45) is 0.191. The number of carbonyl (C=O) groups is 2. The van der Waals surface area contributed by atoms with Gasteiger partial charge in [-0.05, 0) is 5.56 Å². The summed E-state index contributed by atoms with van der Waals surface area (Å²) in [5.41, 5.74) is 2.89. The van der Waals surface area contributed by atoms with Gasteiger partial charge < -0.3 is 5.32 Å². The second kappa shape index (κ2) is 7.65. The molecule has 0 saturated carbocycles. The Balaban J connectivity index is 2.14. The number of hydrogen-bond acceptors (Lipinski definition) is 3. The predicted octanol–water partition coefficient (Wildman–Crippen LogP) is 1.79. The quantitative estimate of drug-likeness (QED) is 0.780. The zero-order chi connectivity index (χ0) is 15.0. The second-order valence-electron chi connectivity index (χ2n) is 5.56. The van der Waals surface area contributed by atoms with Crippen molar-refractivity contribution in [3.63, 3.8) is 0 Å². The van der Waals surface area contributed by atoms with Crippen molar-refractivity contribution >= 4 is 11.8 Å². The molecule has 0 aromatic heterocycles. The fourth-order valence-corrected chi connectivity index (χ4v) is 1.38. The number of benzene rings is 1. The Labute approximate surface area is 119 Å². The minimum Gasteiger partial charge on any atom is -0.355 e. The van der Waals surface area contributed by atoms with Gasteiger partial charge in [-0.2, -0.15) is 0 Å². The molecule has 20 heavy (non-hydrogen) atoms. The molecule has 0 unspecified atom stereocenters. The van der Waals surface area contributed by atoms with Crippen molar-refractivity contribution in [2.75, 3.05) is 6.54 Å². The maximum absolute atomic E-state index is 11.6. The summed E-state index contributed by atoms with van der Waals surface area (Å²) in [5, 5.41) is 2.71. The first-order valence-corrected chi connectivity index (χ1v) is 6.62. The fourth-order valence-electron chi connectivity index (χ4n) is 1.38. The van der Waals surface area contributed by atoms with Crippen LogP contribution in [-0.4, -0.2) is 18.4 Å². The molecule has 0 atom stereocenters. The van der Waals surface area contributed by atoms with Gasteiger partial charge in [0.05, 0.1) is 6.61 Å². The van der Waals surface area contributed by atoms with Crippen LogP contribution in [0.25, 0.3) is 0 Å². The van der Waals surface area contributed by atoms with Gasteiger partial charge in [-0.1, -0.05) is 51.1 Å². The Bertz CT molecular complexity index is 438. The number of hydrogen-bond donors (Lipinski definition) is 2. The minimum atomic E-state index is -0.444. The summed E-state index contributed by atoms with van der Waals surface area (Å²) in [7, 11) is 0. The average Bonchev–Trinajstić information content (AvgIpc) is 2.38. The lowest BCUT2D eigenvalue weighted by Gasteiger charge is -2.17. The molecule has 0 radical (unpaired) electrons. The van der Waals surface area contributed by atoms with Gasteiger partial charge in [0.25, 0.3) is 0 Å². The normalized spacial score (nSPS) is 10.9. The summed E-state index contributed by atoms with van der Waals surface area (Å²) in [5.74, 6) is -0.328. The van der Waals surface area contributed by atoms with Crippen molar-refractivity contribution < 1.29 is 14.4 Å². The van der Waals surface area contributed by atoms with Crippen molar-refractivity contribution in [3.8, 4) is 0 Å². The molecule has 1 aromatic rings. The molecule has 2 amide bonds. The van der Waals surface area contributed by atoms with E-state index in [0.717, 1.165) is 5.56 Å². The first-order chi connectivity index (χ1) is 9.39. The highest BCUT2D eigenvalue weighted by atomic mass is 16.6. The molecule has 0 bridgehead atoms. The van der Waals surface area contributed by atoms with Crippen LogP contribution in [0.5, 0.6) is 0 Å². The molecular weight excluding hydrogens is 256 g/mol. The summed E-state index contributed by atoms with van der Waals surface area (Å²) in [6.45, 7) is 6.10. The Morgan fingerprint density at radius 2 is 1.80 bits per heavy atom. The monoisotopic (exact) mass is 278 g/mol. The highest BCUT2D eigenvalue weighted by Crippen LogP contribution is 2.12. The van der Waals surface area contributed by atoms with Gasteiger partial charge in [0.15, 0.2) is 0 Å². The van der Waals surface area contributed by atoms with Crippen molar-refractivity contribution in [1.82, 2.24) is 10.8 Å². The molecule has 5 nitrogen and oxygen atoms in total. The lowest BCUT2D eigenvalue weighted by molar-refractivity contribution is -0.134. The number of nitrogens with one attached hydrogen (secondary N) is 2. The van der Waals surface area contributed by atoms with Crippen LogP contribution in [-0.2, 0) is 21.0 Å². The van der Waals surface area contributed by atoms with E-state index in [0.29, 0.717) is 13.2 Å². The summed E-state index contributed by atoms with van der Waals surface area (Å²) < 4.78 is 0. The molecule has 1 rings (SSSR count). The summed E-state index contributed by atoms with van der Waals surface area (Å²) in [6, 6.07) is 9.55. The number of rotatable bonds is 6. The van der Waals surface area contributed by atoms with E-state index in [4.69, 9.17) is 4.84 Å². The average molecular weight is 278 g/mol. The van der Waals surface area contributed by atoms with Gasteiger partial charge in [0.2, 0.25) is 11.8 Å². The van der Waals surface area contributed by atoms with Crippen LogP contribution in [0.4, 0.5) is 0 Å². The smallest absolute Gasteiger partial charge is 0.245 e. The molecule has 5 heteroatoms. The lowest BCUT2D eigenvalue weighted by Crippen LogP contribution is -2.37. The van der Waals surface area contributed by atoms with Crippen LogP contribution in [0.2, 0.25) is 0 Å². The van der Waals surface area contributed by atoms with Crippen molar-refractivity contribution in [1.29, 1.82) is 0 Å². The van der Waals surface area contributed by atoms with Gasteiger partial charge >= 0.3 is 0 Å². The van der Waals surface area contributed by atoms with Crippen molar-refractivity contribution in [2.24, 2.45) is 5.41 Å². The van der Waals surface area contributed by atoms with Gasteiger partial charge in [-0.3, -0.25) is 14.4 Å². The van der Waals surface area contributed by atoms with Crippen LogP contribution in [0.3, 0.4) is 0 Å². The summed E-state index contributed by atoms with van der Waals surface area (Å²) in [4.78, 5) is 28.1. The van der Waals surface area contributed by atoms with Gasteiger partial charge in [-0.15, -0.1) is 0 Å². The second-order valence-corrected chi connectivity index (χ2v) is 5.56. The van der Waals surface area contributed by atoms with Crippen LogP contribution in [0.15, 0.2) is 30.3 Å². The molecule has 1 aromatic carbocycles. The van der Waals surface area contributed by atoms with Crippen molar-refractivity contribution in [2.45, 2.75) is 33.8 Å². The molecule has 0 fully saturated rings. The largest absolute Gasteiger partial charge is 0.355 e. The van der Waals surface area contributed by atoms with Crippen LogP contribution in [0, 0.1) is 5.41 Å². The van der Waals surface area contributed by atoms with Crippen LogP contribution < -0.4 is 10.8 Å². The molecule has 0 aliphatic carbocycles. The van der Waals surface area contributed by atoms with E-state index in [1.54, 1.807) is 0 Å². The van der Waals surface area contributed by atoms with Gasteiger partial charge in [0.1, 0.15) is 0 Å². The maximum Gasteiger partial charge on any atom is 0.245 e. The zero-order valence-corrected chi connectivity index (χ0v) is 12.2. The van der Waals surface area contributed by atoms with Crippen LogP contribution >= 0.6 is 0 Å². The van der Waals surface area contributed by atoms with E-state index < -0.39 is 5.41 Å². The third-order valence-corrected chi connectivity index (χ3v) is 2.59. The molecule has 0 saturated heterocycles. The molecule has 0 aliphatic rings. The standard InChI is InChI=1S/C15H22N2O3/c1-15(2,3)14(19)16-10-9-13(18)17-20-11-12-7-5-4-6-8-12/h4-8H,9-11H2,1-3H3,(H,16,19)(H,17,18). The predicted molar refractivity (Wildman–Crippen MR) is 76.5 cm³/mol. The van der Waals surface area contributed by atoms with E-state index in [1.807, 2.05) is 51.1 Å². The van der Waals surface area contributed by atoms with Gasteiger partial charge in [-0.25, -0.2) is 5.48 Å². The Morgan fingerprint density at radius 3 is 2.40 bits per heavy atom. The zero-order valence-electron chi connectivity index (χ0n) is 12.2. The third-order valence-electron chi connectivity index (χ3n) is 2.59. The minimum absolute atomic E-state index is 0.0736. The Kier molecular flexibility index (Phi) is 6.18. The molecule has 0 aliphatic heterocycles. The Morgan fingerprint density at radius 1 is 1.15 bits per heavy atom.